The van der Waals surface area contributed by atoms with E-state index in [1.165, 1.54) is 0 Å². The molecule has 0 amide bonds. The molecule has 1 saturated heterocycles. The lowest BCUT2D eigenvalue weighted by Crippen LogP contribution is -3.14. The summed E-state index contributed by atoms with van der Waals surface area (Å²) in [6.45, 7) is 6.58. The van der Waals surface area contributed by atoms with Gasteiger partial charge in [-0.25, -0.2) is 0 Å². The zero-order valence-electron chi connectivity index (χ0n) is 12.5. The Morgan fingerprint density at radius 1 is 1.33 bits per heavy atom. The van der Waals surface area contributed by atoms with E-state index in [9.17, 15) is 0 Å². The summed E-state index contributed by atoms with van der Waals surface area (Å²) < 4.78 is 10.5. The average molecular weight is 310 g/mol. The molecular formula is C15H24N3O2S+. The van der Waals surface area contributed by atoms with E-state index in [-0.39, 0.29) is 0 Å². The first-order valence-corrected chi connectivity index (χ1v) is 7.74. The summed E-state index contributed by atoms with van der Waals surface area (Å²) in [7, 11) is 1.67. The normalized spacial score (nSPS) is 15.5. The van der Waals surface area contributed by atoms with Crippen molar-refractivity contribution in [2.75, 3.05) is 46.5 Å². The van der Waals surface area contributed by atoms with Crippen molar-refractivity contribution in [1.82, 2.24) is 10.6 Å². The standard InChI is InChI=1S/C15H23N3O2S/c1-19-14-4-2-3-13(11-14)12-17-15(21)16-5-6-18-7-9-20-10-8-18/h2-4,11H,5-10,12H2,1H3,(H2,16,17,21)/p+1. The quantitative estimate of drug-likeness (QED) is 0.623. The predicted octanol–water partition coefficient (Wildman–Crippen LogP) is -0.426. The van der Waals surface area contributed by atoms with E-state index in [4.69, 9.17) is 21.7 Å². The van der Waals surface area contributed by atoms with Gasteiger partial charge in [0.1, 0.15) is 18.8 Å². The van der Waals surface area contributed by atoms with Gasteiger partial charge >= 0.3 is 0 Å². The number of benzene rings is 1. The average Bonchev–Trinajstić information content (AvgIpc) is 2.54. The van der Waals surface area contributed by atoms with Crippen LogP contribution in [0.1, 0.15) is 5.56 Å². The minimum Gasteiger partial charge on any atom is -0.497 e. The Hall–Kier alpha value is -1.37. The van der Waals surface area contributed by atoms with E-state index in [0.29, 0.717) is 11.7 Å². The van der Waals surface area contributed by atoms with Gasteiger partial charge in [-0.2, -0.15) is 0 Å². The van der Waals surface area contributed by atoms with Crippen LogP contribution in [-0.4, -0.2) is 51.6 Å². The van der Waals surface area contributed by atoms with Crippen LogP contribution in [0.2, 0.25) is 0 Å². The molecule has 1 aromatic rings. The lowest BCUT2D eigenvalue weighted by Gasteiger charge is -2.24. The molecular weight excluding hydrogens is 286 g/mol. The minimum absolute atomic E-state index is 0.700. The molecule has 0 aliphatic carbocycles. The topological polar surface area (TPSA) is 47.0 Å². The minimum atomic E-state index is 0.700. The van der Waals surface area contributed by atoms with Crippen molar-refractivity contribution in [3.05, 3.63) is 29.8 Å². The van der Waals surface area contributed by atoms with Crippen molar-refractivity contribution in [1.29, 1.82) is 0 Å². The van der Waals surface area contributed by atoms with Crippen LogP contribution in [0.4, 0.5) is 0 Å². The first kappa shape index (κ1) is 16.0. The molecule has 0 spiro atoms. The molecule has 116 valence electrons. The van der Waals surface area contributed by atoms with Crippen LogP contribution in [0.5, 0.6) is 5.75 Å². The van der Waals surface area contributed by atoms with E-state index in [1.54, 1.807) is 12.0 Å². The highest BCUT2D eigenvalue weighted by Gasteiger charge is 2.12. The van der Waals surface area contributed by atoms with Gasteiger partial charge in [-0.15, -0.1) is 0 Å². The van der Waals surface area contributed by atoms with Crippen molar-refractivity contribution in [3.63, 3.8) is 0 Å². The van der Waals surface area contributed by atoms with Crippen molar-refractivity contribution in [2.45, 2.75) is 6.54 Å². The molecule has 0 saturated carbocycles. The molecule has 1 aliphatic rings. The van der Waals surface area contributed by atoms with E-state index in [1.807, 2.05) is 18.2 Å². The maximum atomic E-state index is 5.34. The summed E-state index contributed by atoms with van der Waals surface area (Å²) in [6, 6.07) is 7.97. The Balaban J connectivity index is 1.62. The highest BCUT2D eigenvalue weighted by molar-refractivity contribution is 7.80. The summed E-state index contributed by atoms with van der Waals surface area (Å²) in [5.41, 5.74) is 1.15. The molecule has 1 aliphatic heterocycles. The van der Waals surface area contributed by atoms with Gasteiger partial charge in [0.05, 0.1) is 33.4 Å². The Morgan fingerprint density at radius 3 is 2.90 bits per heavy atom. The summed E-state index contributed by atoms with van der Waals surface area (Å²) in [5.74, 6) is 0.865. The lowest BCUT2D eigenvalue weighted by atomic mass is 10.2. The van der Waals surface area contributed by atoms with Crippen molar-refractivity contribution >= 4 is 17.3 Å². The number of rotatable bonds is 6. The molecule has 6 heteroatoms. The maximum absolute atomic E-state index is 5.34. The molecule has 0 unspecified atom stereocenters. The molecule has 0 bridgehead atoms. The van der Waals surface area contributed by atoms with E-state index in [2.05, 4.69) is 16.7 Å². The molecule has 1 heterocycles. The molecule has 0 radical (unpaired) electrons. The fraction of sp³-hybridized carbons (Fsp3) is 0.533. The smallest absolute Gasteiger partial charge is 0.166 e. The van der Waals surface area contributed by atoms with Crippen LogP contribution >= 0.6 is 12.2 Å². The molecule has 5 nitrogen and oxygen atoms in total. The van der Waals surface area contributed by atoms with Crippen LogP contribution in [0.3, 0.4) is 0 Å². The van der Waals surface area contributed by atoms with Gasteiger partial charge < -0.3 is 25.0 Å². The number of hydrogen-bond acceptors (Lipinski definition) is 3. The van der Waals surface area contributed by atoms with Gasteiger partial charge in [-0.1, -0.05) is 12.1 Å². The third-order valence-electron chi connectivity index (χ3n) is 3.55. The Kier molecular flexibility index (Phi) is 6.72. The Labute approximate surface area is 131 Å². The van der Waals surface area contributed by atoms with Crippen molar-refractivity contribution < 1.29 is 14.4 Å². The largest absolute Gasteiger partial charge is 0.497 e. The maximum Gasteiger partial charge on any atom is 0.166 e. The zero-order chi connectivity index (χ0) is 14.9. The number of hydrogen-bond donors (Lipinski definition) is 3. The van der Waals surface area contributed by atoms with E-state index >= 15 is 0 Å². The van der Waals surface area contributed by atoms with Crippen LogP contribution in [0.15, 0.2) is 24.3 Å². The van der Waals surface area contributed by atoms with Crippen LogP contribution < -0.4 is 20.3 Å². The first-order valence-electron chi connectivity index (χ1n) is 7.34. The summed E-state index contributed by atoms with van der Waals surface area (Å²) in [5, 5.41) is 7.17. The van der Waals surface area contributed by atoms with Gasteiger partial charge in [-0.3, -0.25) is 0 Å². The van der Waals surface area contributed by atoms with Gasteiger partial charge in [-0.05, 0) is 29.9 Å². The number of quaternary nitrogens is 1. The number of methoxy groups -OCH3 is 1. The fourth-order valence-corrected chi connectivity index (χ4v) is 2.46. The van der Waals surface area contributed by atoms with Crippen LogP contribution in [-0.2, 0) is 11.3 Å². The third-order valence-corrected chi connectivity index (χ3v) is 3.84. The fourth-order valence-electron chi connectivity index (χ4n) is 2.29. The van der Waals surface area contributed by atoms with Crippen LogP contribution in [0, 0.1) is 0 Å². The third kappa shape index (κ3) is 5.87. The second kappa shape index (κ2) is 8.81. The lowest BCUT2D eigenvalue weighted by molar-refractivity contribution is -0.906. The van der Waals surface area contributed by atoms with E-state index in [0.717, 1.165) is 50.7 Å². The SMILES string of the molecule is COc1cccc(CNC(=S)NCC[NH+]2CCOCC2)c1. The number of nitrogens with one attached hydrogen (secondary N) is 3. The Morgan fingerprint density at radius 2 is 2.14 bits per heavy atom. The molecule has 0 aromatic heterocycles. The molecule has 1 fully saturated rings. The van der Waals surface area contributed by atoms with Crippen molar-refractivity contribution in [3.8, 4) is 5.75 Å². The number of morpholine rings is 1. The summed E-state index contributed by atoms with van der Waals surface area (Å²) in [4.78, 5) is 1.57. The second-order valence-corrected chi connectivity index (χ2v) is 5.48. The second-order valence-electron chi connectivity index (χ2n) is 5.07. The molecule has 2 rings (SSSR count). The zero-order valence-corrected chi connectivity index (χ0v) is 13.3. The Bertz CT molecular complexity index is 450. The molecule has 0 atom stereocenters. The highest BCUT2D eigenvalue weighted by Crippen LogP contribution is 2.11. The molecule has 21 heavy (non-hydrogen) atoms. The van der Waals surface area contributed by atoms with Gasteiger partial charge in [0.15, 0.2) is 5.11 Å². The summed E-state index contributed by atoms with van der Waals surface area (Å²) >= 11 is 5.29. The van der Waals surface area contributed by atoms with E-state index < -0.39 is 0 Å². The summed E-state index contributed by atoms with van der Waals surface area (Å²) in [6.07, 6.45) is 0. The van der Waals surface area contributed by atoms with Gasteiger partial charge in [0.2, 0.25) is 0 Å². The highest BCUT2D eigenvalue weighted by atomic mass is 32.1. The number of thiocarbonyl (C=S) groups is 1. The predicted molar refractivity (Wildman–Crippen MR) is 86.8 cm³/mol. The number of ether oxygens (including phenoxy) is 2. The monoisotopic (exact) mass is 310 g/mol. The first-order chi connectivity index (χ1) is 10.3. The van der Waals surface area contributed by atoms with Gasteiger partial charge in [0.25, 0.3) is 0 Å². The van der Waals surface area contributed by atoms with Crippen LogP contribution in [0.25, 0.3) is 0 Å². The molecule has 1 aromatic carbocycles. The van der Waals surface area contributed by atoms with Crippen molar-refractivity contribution in [2.24, 2.45) is 0 Å². The molecule has 3 N–H and O–H groups in total. The van der Waals surface area contributed by atoms with Gasteiger partial charge in [0, 0.05) is 6.54 Å².